The van der Waals surface area contributed by atoms with E-state index in [0.717, 1.165) is 24.8 Å². The molecule has 188 valence electrons. The maximum Gasteiger partial charge on any atom is 0.312 e. The highest BCUT2D eigenvalue weighted by molar-refractivity contribution is 5.98. The van der Waals surface area contributed by atoms with E-state index in [9.17, 15) is 14.7 Å². The quantitative estimate of drug-likeness (QED) is 0.314. The molecule has 0 fully saturated rings. The number of carboxylic acids is 1. The van der Waals surface area contributed by atoms with Crippen molar-refractivity contribution in [1.29, 1.82) is 0 Å². The fourth-order valence-corrected chi connectivity index (χ4v) is 5.25. The molecule has 1 aliphatic rings. The number of nitrogens with one attached hydrogen (secondary N) is 1. The Bertz CT molecular complexity index is 1450. The molecule has 0 aliphatic heterocycles. The Morgan fingerprint density at radius 3 is 2.51 bits per heavy atom. The monoisotopic (exact) mass is 493 g/mol. The summed E-state index contributed by atoms with van der Waals surface area (Å²) in [6, 6.07) is 23.1. The van der Waals surface area contributed by atoms with Gasteiger partial charge in [0.2, 0.25) is 0 Å². The molecule has 1 aromatic heterocycles. The molecule has 4 aromatic rings. The van der Waals surface area contributed by atoms with E-state index in [4.69, 9.17) is 9.97 Å². The Hall–Kier alpha value is -4.06. The Morgan fingerprint density at radius 1 is 1.00 bits per heavy atom. The van der Waals surface area contributed by atoms with E-state index in [-0.39, 0.29) is 17.9 Å². The second kappa shape index (κ2) is 10.5. The smallest absolute Gasteiger partial charge is 0.312 e. The lowest BCUT2D eigenvalue weighted by Gasteiger charge is -2.26. The maximum absolute atomic E-state index is 13.3. The van der Waals surface area contributed by atoms with Crippen LogP contribution < -0.4 is 5.32 Å². The average molecular weight is 494 g/mol. The van der Waals surface area contributed by atoms with E-state index >= 15 is 0 Å². The minimum Gasteiger partial charge on any atom is -0.481 e. The molecule has 1 amide bonds. The summed E-state index contributed by atoms with van der Waals surface area (Å²) in [6.07, 6.45) is 3.65. The highest BCUT2D eigenvalue weighted by atomic mass is 16.4. The number of hydrogen-bond donors (Lipinski definition) is 2. The summed E-state index contributed by atoms with van der Waals surface area (Å²) in [7, 11) is 0. The summed E-state index contributed by atoms with van der Waals surface area (Å²) in [5.74, 6) is -2.04. The first-order valence-corrected chi connectivity index (χ1v) is 12.9. The zero-order chi connectivity index (χ0) is 25.9. The first-order valence-electron chi connectivity index (χ1n) is 12.9. The second-order valence-corrected chi connectivity index (χ2v) is 9.85. The van der Waals surface area contributed by atoms with Gasteiger partial charge < -0.3 is 10.4 Å². The highest BCUT2D eigenvalue weighted by Crippen LogP contribution is 2.34. The van der Waals surface area contributed by atoms with E-state index in [0.29, 0.717) is 34.4 Å². The van der Waals surface area contributed by atoms with Crippen molar-refractivity contribution in [2.75, 3.05) is 0 Å². The van der Waals surface area contributed by atoms with Gasteiger partial charge in [0, 0.05) is 11.1 Å². The number of fused-ring (bicyclic) bond motifs is 2. The Labute approximate surface area is 216 Å². The number of carbonyl (C=O) groups excluding carboxylic acids is 1. The number of hydrogen-bond acceptors (Lipinski definition) is 4. The van der Waals surface area contributed by atoms with Gasteiger partial charge in [-0.15, -0.1) is 0 Å². The molecule has 0 saturated carbocycles. The van der Waals surface area contributed by atoms with Crippen molar-refractivity contribution in [1.82, 2.24) is 15.3 Å². The fourth-order valence-electron chi connectivity index (χ4n) is 5.25. The van der Waals surface area contributed by atoms with Gasteiger partial charge in [0.25, 0.3) is 5.91 Å². The number of aromatic nitrogens is 2. The van der Waals surface area contributed by atoms with Crippen molar-refractivity contribution < 1.29 is 14.7 Å². The lowest BCUT2D eigenvalue weighted by Crippen LogP contribution is -2.31. The van der Waals surface area contributed by atoms with Crippen molar-refractivity contribution >= 4 is 22.9 Å². The van der Waals surface area contributed by atoms with Gasteiger partial charge in [0.15, 0.2) is 0 Å². The predicted molar refractivity (Wildman–Crippen MR) is 144 cm³/mol. The van der Waals surface area contributed by atoms with E-state index in [1.807, 2.05) is 56.3 Å². The Kier molecular flexibility index (Phi) is 6.99. The fraction of sp³-hybridized carbons (Fsp3) is 0.290. The van der Waals surface area contributed by atoms with Crippen LogP contribution in [0.15, 0.2) is 72.8 Å². The predicted octanol–water partition coefficient (Wildman–Crippen LogP) is 6.32. The number of amides is 1. The summed E-state index contributed by atoms with van der Waals surface area (Å²) < 4.78 is 0. The van der Waals surface area contributed by atoms with Gasteiger partial charge in [-0.2, -0.15) is 0 Å². The molecule has 6 heteroatoms. The molecule has 6 nitrogen and oxygen atoms in total. The summed E-state index contributed by atoms with van der Waals surface area (Å²) >= 11 is 0. The molecule has 1 aliphatic carbocycles. The number of carboxylic acid groups (broad SMARTS) is 1. The molecule has 1 heterocycles. The van der Waals surface area contributed by atoms with Gasteiger partial charge in [-0.1, -0.05) is 74.9 Å². The van der Waals surface area contributed by atoms with Crippen LogP contribution in [-0.4, -0.2) is 27.0 Å². The first-order chi connectivity index (χ1) is 18.0. The molecular weight excluding hydrogens is 462 g/mol. The largest absolute Gasteiger partial charge is 0.481 e. The van der Waals surface area contributed by atoms with E-state index < -0.39 is 11.9 Å². The van der Waals surface area contributed by atoms with Crippen LogP contribution in [0.4, 0.5) is 0 Å². The van der Waals surface area contributed by atoms with Gasteiger partial charge in [-0.3, -0.25) is 9.59 Å². The van der Waals surface area contributed by atoms with Crippen LogP contribution in [0.5, 0.6) is 0 Å². The number of aliphatic carboxylic acids is 1. The zero-order valence-electron chi connectivity index (χ0n) is 21.1. The second-order valence-electron chi connectivity index (χ2n) is 9.85. The van der Waals surface area contributed by atoms with E-state index in [2.05, 4.69) is 17.4 Å². The molecule has 2 N–H and O–H groups in total. The number of aryl methyl sites for hydroxylation is 1. The lowest BCUT2D eigenvalue weighted by molar-refractivity contribution is -0.140. The van der Waals surface area contributed by atoms with Crippen LogP contribution in [0, 0.1) is 5.92 Å². The van der Waals surface area contributed by atoms with Crippen LogP contribution in [0.2, 0.25) is 0 Å². The Morgan fingerprint density at radius 2 is 1.76 bits per heavy atom. The number of rotatable bonds is 7. The molecule has 37 heavy (non-hydrogen) atoms. The van der Waals surface area contributed by atoms with Crippen LogP contribution in [0.3, 0.4) is 0 Å². The van der Waals surface area contributed by atoms with Crippen molar-refractivity contribution in [2.45, 2.75) is 51.5 Å². The highest BCUT2D eigenvalue weighted by Gasteiger charge is 2.31. The molecule has 5 rings (SSSR count). The maximum atomic E-state index is 13.3. The van der Waals surface area contributed by atoms with E-state index in [1.165, 1.54) is 11.1 Å². The molecule has 0 unspecified atom stereocenters. The van der Waals surface area contributed by atoms with Crippen LogP contribution in [0.1, 0.15) is 72.2 Å². The molecule has 3 aromatic carbocycles. The van der Waals surface area contributed by atoms with Crippen molar-refractivity contribution in [2.24, 2.45) is 5.92 Å². The van der Waals surface area contributed by atoms with Crippen LogP contribution >= 0.6 is 0 Å². The van der Waals surface area contributed by atoms with Gasteiger partial charge in [-0.25, -0.2) is 9.97 Å². The topological polar surface area (TPSA) is 92.2 Å². The third-order valence-electron chi connectivity index (χ3n) is 7.45. The SMILES string of the molecule is CC[C@H](C)[C@H](C(=O)O)c1nc2cc(C(=O)N[C@@H]3CCCc4ccccc43)ccc2nc1-c1ccccc1. The van der Waals surface area contributed by atoms with Crippen molar-refractivity contribution in [3.8, 4) is 11.3 Å². The van der Waals surface area contributed by atoms with Gasteiger partial charge >= 0.3 is 5.97 Å². The van der Waals surface area contributed by atoms with Crippen LogP contribution in [0.25, 0.3) is 22.3 Å². The lowest BCUT2D eigenvalue weighted by atomic mass is 9.86. The summed E-state index contributed by atoms with van der Waals surface area (Å²) in [4.78, 5) is 35.4. The average Bonchev–Trinajstić information content (AvgIpc) is 2.92. The molecule has 0 bridgehead atoms. The molecule has 0 radical (unpaired) electrons. The third kappa shape index (κ3) is 4.96. The number of carbonyl (C=O) groups is 2. The van der Waals surface area contributed by atoms with Gasteiger partial charge in [-0.05, 0) is 54.5 Å². The van der Waals surface area contributed by atoms with Gasteiger partial charge in [0.1, 0.15) is 5.92 Å². The van der Waals surface area contributed by atoms with Gasteiger partial charge in [0.05, 0.1) is 28.5 Å². The number of benzene rings is 3. The standard InChI is InChI=1S/C31H31N3O3/c1-3-19(2)27(31(36)37)29-28(21-11-5-4-6-12-21)32-25-17-16-22(18-26(25)33-29)30(35)34-24-15-9-13-20-10-7-8-14-23(20)24/h4-8,10-12,14,16-19,24,27H,3,9,13,15H2,1-2H3,(H,34,35)(H,36,37)/t19-,24+,27-/m0/s1. The number of nitrogens with zero attached hydrogens (tertiary/aromatic N) is 2. The summed E-state index contributed by atoms with van der Waals surface area (Å²) in [5.41, 5.74) is 5.90. The third-order valence-corrected chi connectivity index (χ3v) is 7.45. The van der Waals surface area contributed by atoms with Crippen LogP contribution in [-0.2, 0) is 11.2 Å². The molecule has 0 spiro atoms. The first kappa shape index (κ1) is 24.6. The molecule has 3 atom stereocenters. The minimum absolute atomic E-state index is 0.0305. The normalized spacial score (nSPS) is 16.5. The molecular formula is C31H31N3O3. The Balaban J connectivity index is 1.55. The van der Waals surface area contributed by atoms with E-state index in [1.54, 1.807) is 18.2 Å². The van der Waals surface area contributed by atoms with Crippen molar-refractivity contribution in [3.05, 3.63) is 95.2 Å². The minimum atomic E-state index is -0.926. The zero-order valence-corrected chi connectivity index (χ0v) is 21.1. The summed E-state index contributed by atoms with van der Waals surface area (Å²) in [6.45, 7) is 3.90. The van der Waals surface area contributed by atoms with Crippen molar-refractivity contribution in [3.63, 3.8) is 0 Å². The summed E-state index contributed by atoms with van der Waals surface area (Å²) in [5, 5.41) is 13.3. The molecule has 0 saturated heterocycles.